The van der Waals surface area contributed by atoms with E-state index in [0.29, 0.717) is 18.9 Å². The number of rotatable bonds is 3. The fraction of sp³-hybridized carbons (Fsp3) is 0.294. The van der Waals surface area contributed by atoms with Crippen molar-refractivity contribution in [1.29, 1.82) is 0 Å². The lowest BCUT2D eigenvalue weighted by Crippen LogP contribution is -2.47. The molecule has 0 unspecified atom stereocenters. The van der Waals surface area contributed by atoms with Crippen LogP contribution in [0.1, 0.15) is 5.69 Å². The predicted octanol–water partition coefficient (Wildman–Crippen LogP) is 1.83. The number of halogens is 1. The minimum absolute atomic E-state index is 0.283. The highest BCUT2D eigenvalue weighted by atomic mass is 19.1. The first kappa shape index (κ1) is 15.5. The number of piperazine rings is 1. The maximum absolute atomic E-state index is 13.9. The Hall–Kier alpha value is -3.03. The van der Waals surface area contributed by atoms with Crippen LogP contribution in [0.4, 0.5) is 16.0 Å². The molecule has 7 nitrogen and oxygen atoms in total. The molecule has 1 fully saturated rings. The molecule has 8 heteroatoms. The first-order valence-corrected chi connectivity index (χ1v) is 8.16. The van der Waals surface area contributed by atoms with E-state index in [1.54, 1.807) is 23.3 Å². The SMILES string of the molecule is Cc1ccn(-c2cc(N3CCN(c4ncccc4F)CC3)ncn2)n1. The molecule has 0 radical (unpaired) electrons. The summed E-state index contributed by atoms with van der Waals surface area (Å²) in [7, 11) is 0. The van der Waals surface area contributed by atoms with Crippen LogP contribution in [0.25, 0.3) is 5.82 Å². The zero-order valence-electron chi connectivity index (χ0n) is 13.9. The van der Waals surface area contributed by atoms with E-state index in [2.05, 4.69) is 25.0 Å². The van der Waals surface area contributed by atoms with Crippen LogP contribution in [-0.4, -0.2) is 50.9 Å². The molecule has 1 aliphatic heterocycles. The van der Waals surface area contributed by atoms with Crippen LogP contribution in [0.3, 0.4) is 0 Å². The molecule has 0 saturated carbocycles. The Balaban J connectivity index is 1.49. The van der Waals surface area contributed by atoms with Crippen LogP contribution in [0.5, 0.6) is 0 Å². The Morgan fingerprint density at radius 3 is 2.44 bits per heavy atom. The van der Waals surface area contributed by atoms with Crippen LogP contribution in [0, 0.1) is 12.7 Å². The van der Waals surface area contributed by atoms with E-state index >= 15 is 0 Å². The van der Waals surface area contributed by atoms with Crippen molar-refractivity contribution >= 4 is 11.6 Å². The zero-order chi connectivity index (χ0) is 17.2. The molecule has 0 N–H and O–H groups in total. The summed E-state index contributed by atoms with van der Waals surface area (Å²) in [6, 6.07) is 6.90. The van der Waals surface area contributed by atoms with Crippen molar-refractivity contribution in [3.63, 3.8) is 0 Å². The maximum Gasteiger partial charge on any atom is 0.165 e. The van der Waals surface area contributed by atoms with Crippen LogP contribution < -0.4 is 9.80 Å². The molecule has 0 aliphatic carbocycles. The fourth-order valence-electron chi connectivity index (χ4n) is 2.94. The average Bonchev–Trinajstić information content (AvgIpc) is 3.09. The Bertz CT molecular complexity index is 871. The summed E-state index contributed by atoms with van der Waals surface area (Å²) >= 11 is 0. The highest BCUT2D eigenvalue weighted by molar-refractivity contribution is 5.47. The summed E-state index contributed by atoms with van der Waals surface area (Å²) in [4.78, 5) is 16.9. The van der Waals surface area contributed by atoms with Gasteiger partial charge in [0.15, 0.2) is 17.5 Å². The number of pyridine rings is 1. The van der Waals surface area contributed by atoms with Crippen molar-refractivity contribution in [3.8, 4) is 5.82 Å². The molecule has 0 aromatic carbocycles. The van der Waals surface area contributed by atoms with Gasteiger partial charge in [0.1, 0.15) is 12.1 Å². The maximum atomic E-state index is 13.9. The van der Waals surface area contributed by atoms with E-state index in [0.717, 1.165) is 30.4 Å². The molecule has 4 rings (SSSR count). The Labute approximate surface area is 144 Å². The summed E-state index contributed by atoms with van der Waals surface area (Å²) in [6.07, 6.45) is 5.04. The molecular weight excluding hydrogens is 321 g/mol. The van der Waals surface area contributed by atoms with Crippen molar-refractivity contribution in [1.82, 2.24) is 24.7 Å². The van der Waals surface area contributed by atoms with E-state index in [9.17, 15) is 4.39 Å². The first-order chi connectivity index (χ1) is 12.2. The molecule has 0 bridgehead atoms. The van der Waals surface area contributed by atoms with Gasteiger partial charge in [-0.25, -0.2) is 24.0 Å². The third kappa shape index (κ3) is 3.15. The van der Waals surface area contributed by atoms with E-state index < -0.39 is 0 Å². The smallest absolute Gasteiger partial charge is 0.165 e. The van der Waals surface area contributed by atoms with Gasteiger partial charge in [-0.3, -0.25) is 0 Å². The summed E-state index contributed by atoms with van der Waals surface area (Å²) in [6.45, 7) is 4.80. The largest absolute Gasteiger partial charge is 0.353 e. The third-order valence-corrected chi connectivity index (χ3v) is 4.24. The van der Waals surface area contributed by atoms with Crippen LogP contribution in [0.2, 0.25) is 0 Å². The molecule has 25 heavy (non-hydrogen) atoms. The van der Waals surface area contributed by atoms with Gasteiger partial charge in [-0.2, -0.15) is 5.10 Å². The van der Waals surface area contributed by atoms with Gasteiger partial charge in [0.05, 0.1) is 5.69 Å². The lowest BCUT2D eigenvalue weighted by molar-refractivity contribution is 0.586. The highest BCUT2D eigenvalue weighted by Gasteiger charge is 2.21. The van der Waals surface area contributed by atoms with Gasteiger partial charge in [-0.15, -0.1) is 0 Å². The number of hydrogen-bond acceptors (Lipinski definition) is 6. The molecule has 0 spiro atoms. The second-order valence-corrected chi connectivity index (χ2v) is 5.92. The number of aryl methyl sites for hydroxylation is 1. The van der Waals surface area contributed by atoms with Crippen LogP contribution in [-0.2, 0) is 0 Å². The molecule has 3 aromatic heterocycles. The van der Waals surface area contributed by atoms with Gasteiger partial charge in [-0.05, 0) is 25.1 Å². The third-order valence-electron chi connectivity index (χ3n) is 4.24. The summed E-state index contributed by atoms with van der Waals surface area (Å²) in [5.41, 5.74) is 0.936. The molecule has 128 valence electrons. The van der Waals surface area contributed by atoms with Crippen molar-refractivity contribution in [2.45, 2.75) is 6.92 Å². The monoisotopic (exact) mass is 339 g/mol. The van der Waals surface area contributed by atoms with Gasteiger partial charge in [0.2, 0.25) is 0 Å². The first-order valence-electron chi connectivity index (χ1n) is 8.16. The standard InChI is InChI=1S/C17H18FN7/c1-13-4-6-25(22-13)16-11-15(20-12-21-16)23-7-9-24(10-8-23)17-14(18)3-2-5-19-17/h2-6,11-12H,7-10H2,1H3. The number of aromatic nitrogens is 5. The average molecular weight is 339 g/mol. The fourth-order valence-corrected chi connectivity index (χ4v) is 2.94. The van der Waals surface area contributed by atoms with E-state index in [1.165, 1.54) is 6.07 Å². The molecular formula is C17H18FN7. The van der Waals surface area contributed by atoms with E-state index in [4.69, 9.17) is 0 Å². The lowest BCUT2D eigenvalue weighted by atomic mass is 10.3. The van der Waals surface area contributed by atoms with Gasteiger partial charge in [0.25, 0.3) is 0 Å². The second-order valence-electron chi connectivity index (χ2n) is 5.92. The number of anilines is 2. The van der Waals surface area contributed by atoms with Crippen molar-refractivity contribution in [2.75, 3.05) is 36.0 Å². The molecule has 1 saturated heterocycles. The normalized spacial score (nSPS) is 14.8. The van der Waals surface area contributed by atoms with Gasteiger partial charge < -0.3 is 9.80 Å². The minimum atomic E-state index is -0.283. The number of hydrogen-bond donors (Lipinski definition) is 0. The predicted molar refractivity (Wildman–Crippen MR) is 92.5 cm³/mol. The van der Waals surface area contributed by atoms with E-state index in [-0.39, 0.29) is 5.82 Å². The molecule has 4 heterocycles. The summed E-state index contributed by atoms with van der Waals surface area (Å²) < 4.78 is 15.6. The zero-order valence-corrected chi connectivity index (χ0v) is 13.9. The molecule has 3 aromatic rings. The second kappa shape index (κ2) is 6.46. The minimum Gasteiger partial charge on any atom is -0.353 e. The van der Waals surface area contributed by atoms with Crippen LogP contribution in [0.15, 0.2) is 43.0 Å². The van der Waals surface area contributed by atoms with Gasteiger partial charge >= 0.3 is 0 Å². The Kier molecular flexibility index (Phi) is 4.01. The van der Waals surface area contributed by atoms with Crippen molar-refractivity contribution in [3.05, 3.63) is 54.5 Å². The number of nitrogens with zero attached hydrogens (tertiary/aromatic N) is 7. The summed E-state index contributed by atoms with van der Waals surface area (Å²) in [5, 5.41) is 4.38. The lowest BCUT2D eigenvalue weighted by Gasteiger charge is -2.36. The molecule has 0 atom stereocenters. The quantitative estimate of drug-likeness (QED) is 0.725. The van der Waals surface area contributed by atoms with Crippen LogP contribution >= 0.6 is 0 Å². The van der Waals surface area contributed by atoms with E-state index in [1.807, 2.05) is 30.2 Å². The van der Waals surface area contributed by atoms with Crippen molar-refractivity contribution < 1.29 is 4.39 Å². The molecule has 0 amide bonds. The molecule has 1 aliphatic rings. The summed E-state index contributed by atoms with van der Waals surface area (Å²) in [5.74, 6) is 1.71. The Morgan fingerprint density at radius 1 is 0.960 bits per heavy atom. The van der Waals surface area contributed by atoms with Gasteiger partial charge in [0, 0.05) is 44.6 Å². The highest BCUT2D eigenvalue weighted by Crippen LogP contribution is 2.20. The topological polar surface area (TPSA) is 63.0 Å². The Morgan fingerprint density at radius 2 is 1.72 bits per heavy atom. The van der Waals surface area contributed by atoms with Crippen molar-refractivity contribution in [2.24, 2.45) is 0 Å². The van der Waals surface area contributed by atoms with Gasteiger partial charge in [-0.1, -0.05) is 0 Å².